The van der Waals surface area contributed by atoms with E-state index < -0.39 is 11.8 Å². The fourth-order valence-corrected chi connectivity index (χ4v) is 4.08. The van der Waals surface area contributed by atoms with Gasteiger partial charge in [0, 0.05) is 27.7 Å². The number of hydrogen-bond acceptors (Lipinski definition) is 5. The molecule has 1 saturated heterocycles. The zero-order chi connectivity index (χ0) is 18.7. The van der Waals surface area contributed by atoms with Gasteiger partial charge in [0.1, 0.15) is 0 Å². The Kier molecular flexibility index (Phi) is 5.34. The molecule has 8 heteroatoms. The highest BCUT2D eigenvalue weighted by atomic mass is 32.1. The number of hydrogen-bond donors (Lipinski definition) is 3. The number of anilines is 1. The van der Waals surface area contributed by atoms with Gasteiger partial charge in [-0.2, -0.15) is 0 Å². The maximum absolute atomic E-state index is 12.5. The van der Waals surface area contributed by atoms with Crippen LogP contribution < -0.4 is 16.8 Å². The van der Waals surface area contributed by atoms with Crippen LogP contribution >= 0.6 is 11.3 Å². The van der Waals surface area contributed by atoms with Gasteiger partial charge >= 0.3 is 0 Å². The number of benzene rings is 1. The van der Waals surface area contributed by atoms with Gasteiger partial charge in [-0.3, -0.25) is 19.3 Å². The maximum atomic E-state index is 12.5. The topological polar surface area (TPSA) is 119 Å². The molecule has 26 heavy (non-hydrogen) atoms. The van der Waals surface area contributed by atoms with E-state index in [1.807, 2.05) is 11.4 Å². The summed E-state index contributed by atoms with van der Waals surface area (Å²) in [5.41, 5.74) is 11.1. The Balaban J connectivity index is 1.71. The Morgan fingerprint density at radius 1 is 1.15 bits per heavy atom. The van der Waals surface area contributed by atoms with Gasteiger partial charge in [0.25, 0.3) is 0 Å². The molecule has 7 nitrogen and oxygen atoms in total. The fraction of sp³-hybridized carbons (Fsp3) is 0.278. The molecule has 1 aromatic heterocycles. The average Bonchev–Trinajstić information content (AvgIpc) is 3.25. The SMILES string of the molecule is NC(=O)c1cc(NC(=O)CN2CCC[C@@H]2c2cccs2)cc(C(N)=O)c1. The van der Waals surface area contributed by atoms with Crippen molar-refractivity contribution in [2.45, 2.75) is 18.9 Å². The second-order valence-corrected chi connectivity index (χ2v) is 7.20. The first-order chi connectivity index (χ1) is 12.4. The van der Waals surface area contributed by atoms with Crippen LogP contribution in [0.15, 0.2) is 35.7 Å². The molecular formula is C18H20N4O3S. The van der Waals surface area contributed by atoms with Crippen LogP contribution in [0.4, 0.5) is 5.69 Å². The van der Waals surface area contributed by atoms with Crippen molar-refractivity contribution < 1.29 is 14.4 Å². The molecule has 3 amide bonds. The third kappa shape index (κ3) is 4.09. The van der Waals surface area contributed by atoms with Crippen LogP contribution in [0.3, 0.4) is 0 Å². The van der Waals surface area contributed by atoms with Gasteiger partial charge < -0.3 is 16.8 Å². The largest absolute Gasteiger partial charge is 0.366 e. The summed E-state index contributed by atoms with van der Waals surface area (Å²) in [5.74, 6) is -1.60. The third-order valence-corrected chi connectivity index (χ3v) is 5.34. The summed E-state index contributed by atoms with van der Waals surface area (Å²) in [6, 6.07) is 8.53. The summed E-state index contributed by atoms with van der Waals surface area (Å²) < 4.78 is 0. The van der Waals surface area contributed by atoms with Crippen LogP contribution in [0.2, 0.25) is 0 Å². The molecule has 0 unspecified atom stereocenters. The second kappa shape index (κ2) is 7.67. The standard InChI is InChI=1S/C18H20N4O3S/c19-17(24)11-7-12(18(20)25)9-13(8-11)21-16(23)10-22-5-1-3-14(22)15-4-2-6-26-15/h2,4,6-9,14H,1,3,5,10H2,(H2,19,24)(H2,20,25)(H,21,23)/t14-/m1/s1. The normalized spacial score (nSPS) is 17.2. The molecule has 3 rings (SSSR count). The quantitative estimate of drug-likeness (QED) is 0.715. The van der Waals surface area contributed by atoms with E-state index in [2.05, 4.69) is 16.3 Å². The van der Waals surface area contributed by atoms with Gasteiger partial charge in [-0.25, -0.2) is 0 Å². The lowest BCUT2D eigenvalue weighted by molar-refractivity contribution is -0.117. The third-order valence-electron chi connectivity index (χ3n) is 4.37. The molecule has 0 aliphatic carbocycles. The zero-order valence-electron chi connectivity index (χ0n) is 14.1. The molecule has 1 fully saturated rings. The summed E-state index contributed by atoms with van der Waals surface area (Å²) in [5, 5.41) is 4.77. The predicted molar refractivity (Wildman–Crippen MR) is 100.0 cm³/mol. The molecule has 0 radical (unpaired) electrons. The minimum Gasteiger partial charge on any atom is -0.366 e. The van der Waals surface area contributed by atoms with Crippen LogP contribution in [-0.4, -0.2) is 35.7 Å². The Bertz CT molecular complexity index is 803. The minimum absolute atomic E-state index is 0.120. The molecule has 1 aliphatic heterocycles. The van der Waals surface area contributed by atoms with Crippen LogP contribution in [-0.2, 0) is 4.79 Å². The van der Waals surface area contributed by atoms with Crippen molar-refractivity contribution in [3.8, 4) is 0 Å². The molecule has 0 spiro atoms. The Morgan fingerprint density at radius 2 is 1.85 bits per heavy atom. The number of likely N-dealkylation sites (tertiary alicyclic amines) is 1. The van der Waals surface area contributed by atoms with Crippen molar-refractivity contribution in [1.82, 2.24) is 4.90 Å². The number of carbonyl (C=O) groups excluding carboxylic acids is 3. The van der Waals surface area contributed by atoms with E-state index in [9.17, 15) is 14.4 Å². The summed E-state index contributed by atoms with van der Waals surface area (Å²) in [6.07, 6.45) is 2.07. The summed E-state index contributed by atoms with van der Waals surface area (Å²) in [7, 11) is 0. The average molecular weight is 372 g/mol. The first-order valence-electron chi connectivity index (χ1n) is 8.26. The monoisotopic (exact) mass is 372 g/mol. The van der Waals surface area contributed by atoms with Gasteiger partial charge in [-0.05, 0) is 49.0 Å². The molecule has 136 valence electrons. The Labute approximate surface area is 155 Å². The summed E-state index contributed by atoms with van der Waals surface area (Å²) in [6.45, 7) is 1.08. The number of nitrogens with zero attached hydrogens (tertiary/aromatic N) is 1. The van der Waals surface area contributed by atoms with Crippen molar-refractivity contribution in [3.05, 3.63) is 51.7 Å². The van der Waals surface area contributed by atoms with Gasteiger partial charge in [-0.15, -0.1) is 11.3 Å². The lowest BCUT2D eigenvalue weighted by atomic mass is 10.1. The van der Waals surface area contributed by atoms with Gasteiger partial charge in [0.2, 0.25) is 17.7 Å². The first-order valence-corrected chi connectivity index (χ1v) is 9.14. The minimum atomic E-state index is -0.694. The first kappa shape index (κ1) is 18.1. The molecule has 5 N–H and O–H groups in total. The highest BCUT2D eigenvalue weighted by Crippen LogP contribution is 2.34. The van der Waals surface area contributed by atoms with E-state index >= 15 is 0 Å². The second-order valence-electron chi connectivity index (χ2n) is 6.22. The molecule has 1 aromatic carbocycles. The maximum Gasteiger partial charge on any atom is 0.248 e. The van der Waals surface area contributed by atoms with Crippen molar-refractivity contribution in [3.63, 3.8) is 0 Å². The van der Waals surface area contributed by atoms with E-state index in [0.29, 0.717) is 5.69 Å². The van der Waals surface area contributed by atoms with Crippen molar-refractivity contribution in [2.24, 2.45) is 11.5 Å². The highest BCUT2D eigenvalue weighted by molar-refractivity contribution is 7.10. The van der Waals surface area contributed by atoms with Gasteiger partial charge in [0.05, 0.1) is 6.54 Å². The number of nitrogens with two attached hydrogens (primary N) is 2. The lowest BCUT2D eigenvalue weighted by Crippen LogP contribution is -2.32. The number of primary amides is 2. The summed E-state index contributed by atoms with van der Waals surface area (Å²) in [4.78, 5) is 38.7. The smallest absolute Gasteiger partial charge is 0.248 e. The van der Waals surface area contributed by atoms with E-state index in [1.165, 1.54) is 23.1 Å². The summed E-state index contributed by atoms with van der Waals surface area (Å²) >= 11 is 1.69. The van der Waals surface area contributed by atoms with Gasteiger partial charge in [-0.1, -0.05) is 6.07 Å². The van der Waals surface area contributed by atoms with E-state index in [0.717, 1.165) is 19.4 Å². The molecule has 2 aromatic rings. The number of rotatable bonds is 6. The van der Waals surface area contributed by atoms with Crippen LogP contribution in [0.5, 0.6) is 0 Å². The molecule has 0 saturated carbocycles. The van der Waals surface area contributed by atoms with Gasteiger partial charge in [0.15, 0.2) is 0 Å². The number of thiophene rings is 1. The number of amides is 3. The predicted octanol–water partition coefficient (Wildman–Crippen LogP) is 1.72. The molecular weight excluding hydrogens is 352 g/mol. The van der Waals surface area contributed by atoms with E-state index in [4.69, 9.17) is 11.5 Å². The van der Waals surface area contributed by atoms with E-state index in [1.54, 1.807) is 11.3 Å². The Morgan fingerprint density at radius 3 is 2.42 bits per heavy atom. The van der Waals surface area contributed by atoms with Crippen molar-refractivity contribution in [2.75, 3.05) is 18.4 Å². The molecule has 2 heterocycles. The van der Waals surface area contributed by atoms with E-state index in [-0.39, 0.29) is 29.6 Å². The number of nitrogens with one attached hydrogen (secondary N) is 1. The van der Waals surface area contributed by atoms with Crippen molar-refractivity contribution in [1.29, 1.82) is 0 Å². The van der Waals surface area contributed by atoms with Crippen molar-refractivity contribution >= 4 is 34.7 Å². The molecule has 1 atom stereocenters. The van der Waals surface area contributed by atoms with Crippen LogP contribution in [0, 0.1) is 0 Å². The number of carbonyl (C=O) groups is 3. The lowest BCUT2D eigenvalue weighted by Gasteiger charge is -2.23. The van der Waals surface area contributed by atoms with Crippen LogP contribution in [0.1, 0.15) is 44.5 Å². The highest BCUT2D eigenvalue weighted by Gasteiger charge is 2.28. The fourth-order valence-electron chi connectivity index (χ4n) is 3.19. The van der Waals surface area contributed by atoms with Crippen LogP contribution in [0.25, 0.3) is 0 Å². The zero-order valence-corrected chi connectivity index (χ0v) is 14.9. The molecule has 0 bridgehead atoms. The Hall–Kier alpha value is -2.71. The molecule has 1 aliphatic rings.